The highest BCUT2D eigenvalue weighted by Crippen LogP contribution is 2.29. The third-order valence-corrected chi connectivity index (χ3v) is 7.86. The van der Waals surface area contributed by atoms with E-state index in [0.717, 1.165) is 35.9 Å². The SMILES string of the molecule is CCN(CC)c1ccc(N2CCN(S(=O)(=O)c3ccc(OC)c(C)c3C)CC2)nn1. The average Bonchev–Trinajstić information content (AvgIpc) is 2.77. The van der Waals surface area contributed by atoms with Crippen LogP contribution in [0.1, 0.15) is 25.0 Å². The summed E-state index contributed by atoms with van der Waals surface area (Å²) in [5, 5.41) is 8.70. The summed E-state index contributed by atoms with van der Waals surface area (Å²) < 4.78 is 33.3. The van der Waals surface area contributed by atoms with Gasteiger partial charge in [-0.05, 0) is 63.1 Å². The van der Waals surface area contributed by atoms with E-state index in [9.17, 15) is 8.42 Å². The molecule has 0 spiro atoms. The van der Waals surface area contributed by atoms with E-state index in [1.807, 2.05) is 26.0 Å². The molecular formula is C21H31N5O3S. The molecule has 9 heteroatoms. The molecule has 0 N–H and O–H groups in total. The predicted octanol–water partition coefficient (Wildman–Crippen LogP) is 2.46. The van der Waals surface area contributed by atoms with E-state index in [1.165, 1.54) is 0 Å². The monoisotopic (exact) mass is 433 g/mol. The Hall–Kier alpha value is -2.39. The van der Waals surface area contributed by atoms with Gasteiger partial charge in [-0.25, -0.2) is 8.42 Å². The molecule has 8 nitrogen and oxygen atoms in total. The molecule has 0 aliphatic carbocycles. The zero-order valence-corrected chi connectivity index (χ0v) is 19.2. The largest absolute Gasteiger partial charge is 0.496 e. The van der Waals surface area contributed by atoms with Crippen molar-refractivity contribution in [2.45, 2.75) is 32.6 Å². The van der Waals surface area contributed by atoms with Gasteiger partial charge in [-0.1, -0.05) is 0 Å². The molecule has 2 heterocycles. The van der Waals surface area contributed by atoms with Crippen molar-refractivity contribution in [2.75, 3.05) is 56.2 Å². The van der Waals surface area contributed by atoms with Gasteiger partial charge in [0.2, 0.25) is 10.0 Å². The second kappa shape index (κ2) is 9.18. The van der Waals surface area contributed by atoms with Gasteiger partial charge in [-0.15, -0.1) is 10.2 Å². The first-order valence-corrected chi connectivity index (χ1v) is 11.7. The molecule has 1 saturated heterocycles. The van der Waals surface area contributed by atoms with Crippen molar-refractivity contribution >= 4 is 21.7 Å². The molecule has 1 fully saturated rings. The quantitative estimate of drug-likeness (QED) is 0.664. The van der Waals surface area contributed by atoms with E-state index in [-0.39, 0.29) is 0 Å². The predicted molar refractivity (Wildman–Crippen MR) is 119 cm³/mol. The first-order chi connectivity index (χ1) is 14.3. The van der Waals surface area contributed by atoms with Gasteiger partial charge < -0.3 is 14.5 Å². The fourth-order valence-corrected chi connectivity index (χ4v) is 5.47. The molecule has 0 saturated carbocycles. The Kier molecular flexibility index (Phi) is 6.82. The van der Waals surface area contributed by atoms with Crippen LogP contribution in [0, 0.1) is 13.8 Å². The number of piperazine rings is 1. The van der Waals surface area contributed by atoms with Crippen LogP contribution in [0.5, 0.6) is 5.75 Å². The summed E-state index contributed by atoms with van der Waals surface area (Å²) >= 11 is 0. The van der Waals surface area contributed by atoms with E-state index in [1.54, 1.807) is 23.5 Å². The molecule has 0 atom stereocenters. The number of methoxy groups -OCH3 is 1. The van der Waals surface area contributed by atoms with Crippen LogP contribution in [0.4, 0.5) is 11.6 Å². The molecule has 1 aromatic heterocycles. The van der Waals surface area contributed by atoms with Gasteiger partial charge in [-0.3, -0.25) is 0 Å². The van der Waals surface area contributed by atoms with Gasteiger partial charge in [0.15, 0.2) is 11.6 Å². The molecule has 1 aliphatic rings. The van der Waals surface area contributed by atoms with E-state index in [4.69, 9.17) is 4.74 Å². The van der Waals surface area contributed by atoms with Gasteiger partial charge in [-0.2, -0.15) is 4.31 Å². The van der Waals surface area contributed by atoms with Crippen LogP contribution >= 0.6 is 0 Å². The summed E-state index contributed by atoms with van der Waals surface area (Å²) in [6, 6.07) is 7.29. The minimum atomic E-state index is -3.56. The Bertz CT molecular complexity index is 967. The number of hydrogen-bond donors (Lipinski definition) is 0. The molecule has 0 unspecified atom stereocenters. The Morgan fingerprint density at radius 3 is 2.17 bits per heavy atom. The minimum Gasteiger partial charge on any atom is -0.496 e. The lowest BCUT2D eigenvalue weighted by molar-refractivity contribution is 0.382. The maximum absolute atomic E-state index is 13.2. The molecule has 1 aliphatic heterocycles. The summed E-state index contributed by atoms with van der Waals surface area (Å²) in [5.41, 5.74) is 1.58. The van der Waals surface area contributed by atoms with E-state index >= 15 is 0 Å². The summed E-state index contributed by atoms with van der Waals surface area (Å²) in [4.78, 5) is 4.56. The molecule has 30 heavy (non-hydrogen) atoms. The highest BCUT2D eigenvalue weighted by molar-refractivity contribution is 7.89. The molecule has 3 rings (SSSR count). The second-order valence-electron chi connectivity index (χ2n) is 7.33. The van der Waals surface area contributed by atoms with Crippen LogP contribution < -0.4 is 14.5 Å². The Labute approximate surface area is 179 Å². The Balaban J connectivity index is 1.71. The van der Waals surface area contributed by atoms with Crippen LogP contribution in [0.3, 0.4) is 0 Å². The lowest BCUT2D eigenvalue weighted by atomic mass is 10.1. The van der Waals surface area contributed by atoms with Gasteiger partial charge in [0.25, 0.3) is 0 Å². The lowest BCUT2D eigenvalue weighted by Crippen LogP contribution is -2.49. The van der Waals surface area contributed by atoms with Gasteiger partial charge in [0.1, 0.15) is 5.75 Å². The van der Waals surface area contributed by atoms with E-state index < -0.39 is 10.0 Å². The molecule has 0 radical (unpaired) electrons. The number of nitrogens with zero attached hydrogens (tertiary/aromatic N) is 5. The summed E-state index contributed by atoms with van der Waals surface area (Å²) in [7, 11) is -1.97. The van der Waals surface area contributed by atoms with Crippen LogP contribution in [0.15, 0.2) is 29.2 Å². The van der Waals surface area contributed by atoms with Crippen molar-refractivity contribution in [3.05, 3.63) is 35.4 Å². The highest BCUT2D eigenvalue weighted by atomic mass is 32.2. The zero-order valence-electron chi connectivity index (χ0n) is 18.4. The molecule has 0 bridgehead atoms. The Morgan fingerprint density at radius 2 is 1.63 bits per heavy atom. The second-order valence-corrected chi connectivity index (χ2v) is 9.24. The minimum absolute atomic E-state index is 0.345. The normalized spacial score (nSPS) is 15.3. The van der Waals surface area contributed by atoms with Gasteiger partial charge in [0, 0.05) is 39.3 Å². The standard InChI is InChI=1S/C21H31N5O3S/c1-6-24(7-2)20-10-11-21(23-22-20)25-12-14-26(15-13-25)30(27,28)19-9-8-18(29-5)16(3)17(19)4/h8-11H,6-7,12-15H2,1-5H3. The smallest absolute Gasteiger partial charge is 0.243 e. The summed E-state index contributed by atoms with van der Waals surface area (Å²) in [6.45, 7) is 11.6. The lowest BCUT2D eigenvalue weighted by Gasteiger charge is -2.35. The number of anilines is 2. The van der Waals surface area contributed by atoms with Crippen molar-refractivity contribution in [2.24, 2.45) is 0 Å². The van der Waals surface area contributed by atoms with Crippen LogP contribution in [-0.4, -0.2) is 69.3 Å². The van der Waals surface area contributed by atoms with Gasteiger partial charge >= 0.3 is 0 Å². The van der Waals surface area contributed by atoms with Crippen LogP contribution in [-0.2, 0) is 10.0 Å². The fourth-order valence-electron chi connectivity index (χ4n) is 3.77. The summed E-state index contributed by atoms with van der Waals surface area (Å²) in [5.74, 6) is 2.33. The van der Waals surface area contributed by atoms with Crippen molar-refractivity contribution < 1.29 is 13.2 Å². The topological polar surface area (TPSA) is 78.9 Å². The third kappa shape index (κ3) is 4.22. The number of sulfonamides is 1. The third-order valence-electron chi connectivity index (χ3n) is 5.81. The molecule has 0 amide bonds. The van der Waals surface area contributed by atoms with Crippen molar-refractivity contribution in [3.63, 3.8) is 0 Å². The van der Waals surface area contributed by atoms with E-state index in [0.29, 0.717) is 36.8 Å². The first kappa shape index (κ1) is 22.3. The molecule has 2 aromatic rings. The highest BCUT2D eigenvalue weighted by Gasteiger charge is 2.31. The van der Waals surface area contributed by atoms with Crippen molar-refractivity contribution in [3.8, 4) is 5.75 Å². The van der Waals surface area contributed by atoms with Crippen molar-refractivity contribution in [1.82, 2.24) is 14.5 Å². The van der Waals surface area contributed by atoms with Crippen molar-refractivity contribution in [1.29, 1.82) is 0 Å². The van der Waals surface area contributed by atoms with E-state index in [2.05, 4.69) is 33.8 Å². The van der Waals surface area contributed by atoms with Gasteiger partial charge in [0.05, 0.1) is 12.0 Å². The summed E-state index contributed by atoms with van der Waals surface area (Å²) in [6.07, 6.45) is 0. The van der Waals surface area contributed by atoms with Crippen LogP contribution in [0.2, 0.25) is 0 Å². The number of aromatic nitrogens is 2. The Morgan fingerprint density at radius 1 is 0.967 bits per heavy atom. The number of rotatable bonds is 7. The maximum atomic E-state index is 13.2. The average molecular weight is 434 g/mol. The fraction of sp³-hybridized carbons (Fsp3) is 0.524. The molecule has 164 valence electrons. The zero-order chi connectivity index (χ0) is 21.9. The first-order valence-electron chi connectivity index (χ1n) is 10.3. The number of ether oxygens (including phenoxy) is 1. The number of hydrogen-bond acceptors (Lipinski definition) is 7. The number of benzene rings is 1. The van der Waals surface area contributed by atoms with Crippen LogP contribution in [0.25, 0.3) is 0 Å². The molecule has 1 aromatic carbocycles. The molecular weight excluding hydrogens is 402 g/mol. The maximum Gasteiger partial charge on any atom is 0.243 e.